The molecule has 4 nitrogen and oxygen atoms in total. The van der Waals surface area contributed by atoms with Crippen LogP contribution in [-0.4, -0.2) is 22.1 Å². The molecule has 0 N–H and O–H groups in total. The zero-order valence-corrected chi connectivity index (χ0v) is 11.8. The third-order valence-corrected chi connectivity index (χ3v) is 2.80. The zero-order chi connectivity index (χ0) is 13.7. The van der Waals surface area contributed by atoms with Gasteiger partial charge in [0.25, 0.3) is 0 Å². The summed E-state index contributed by atoms with van der Waals surface area (Å²) in [5.41, 5.74) is 1.29. The molecule has 0 bridgehead atoms. The summed E-state index contributed by atoms with van der Waals surface area (Å²) < 4.78 is 5.24. The summed E-state index contributed by atoms with van der Waals surface area (Å²) in [6.07, 6.45) is 0.843. The van der Waals surface area contributed by atoms with Crippen molar-refractivity contribution in [1.82, 2.24) is 15.0 Å². The van der Waals surface area contributed by atoms with E-state index in [1.165, 1.54) is 5.56 Å². The van der Waals surface area contributed by atoms with Crippen LogP contribution in [0.5, 0.6) is 0 Å². The van der Waals surface area contributed by atoms with Gasteiger partial charge in [-0.05, 0) is 18.5 Å². The molecule has 0 fully saturated rings. The van der Waals surface area contributed by atoms with Gasteiger partial charge in [-0.15, -0.1) is 0 Å². The molecule has 0 saturated carbocycles. The van der Waals surface area contributed by atoms with Crippen LogP contribution in [-0.2, 0) is 19.5 Å². The summed E-state index contributed by atoms with van der Waals surface area (Å²) in [5, 5.41) is 4.02. The highest BCUT2D eigenvalue weighted by Gasteiger charge is 2.10. The van der Waals surface area contributed by atoms with Gasteiger partial charge < -0.3 is 4.52 Å². The third kappa shape index (κ3) is 4.48. The predicted octanol–water partition coefficient (Wildman–Crippen LogP) is 2.90. The molecular weight excluding hydrogens is 238 g/mol. The van der Waals surface area contributed by atoms with Crippen LogP contribution in [0.15, 0.2) is 34.9 Å². The quantitative estimate of drug-likeness (QED) is 0.800. The Hall–Kier alpha value is -1.68. The smallest absolute Gasteiger partial charge is 0.226 e. The number of hydrogen-bond acceptors (Lipinski definition) is 4. The minimum absolute atomic E-state index is 0.537. The summed E-state index contributed by atoms with van der Waals surface area (Å²) in [4.78, 5) is 6.59. The molecule has 0 aliphatic rings. The third-order valence-electron chi connectivity index (χ3n) is 2.80. The van der Waals surface area contributed by atoms with Crippen LogP contribution in [0.2, 0.25) is 0 Å². The Kier molecular flexibility index (Phi) is 4.68. The van der Waals surface area contributed by atoms with E-state index in [4.69, 9.17) is 4.52 Å². The molecule has 0 saturated heterocycles. The van der Waals surface area contributed by atoms with Gasteiger partial charge in [-0.25, -0.2) is 0 Å². The van der Waals surface area contributed by atoms with Crippen LogP contribution in [0.1, 0.15) is 31.1 Å². The lowest BCUT2D eigenvalue weighted by Gasteiger charge is -2.13. The molecule has 1 aromatic heterocycles. The largest absolute Gasteiger partial charge is 0.339 e. The van der Waals surface area contributed by atoms with E-state index in [0.717, 1.165) is 24.7 Å². The Morgan fingerprint density at radius 1 is 1.16 bits per heavy atom. The number of hydrogen-bond donors (Lipinski definition) is 0. The van der Waals surface area contributed by atoms with Gasteiger partial charge in [0.2, 0.25) is 5.89 Å². The lowest BCUT2D eigenvalue weighted by atomic mass is 10.1. The van der Waals surface area contributed by atoms with Gasteiger partial charge in [0.05, 0.1) is 6.54 Å². The van der Waals surface area contributed by atoms with Gasteiger partial charge in [-0.1, -0.05) is 49.3 Å². The van der Waals surface area contributed by atoms with Crippen molar-refractivity contribution in [2.45, 2.75) is 33.4 Å². The van der Waals surface area contributed by atoms with Crippen molar-refractivity contribution in [1.29, 1.82) is 0 Å². The second kappa shape index (κ2) is 6.48. The van der Waals surface area contributed by atoms with Crippen LogP contribution >= 0.6 is 0 Å². The van der Waals surface area contributed by atoms with Gasteiger partial charge in [0.15, 0.2) is 5.82 Å². The molecule has 4 heteroatoms. The van der Waals surface area contributed by atoms with Crippen molar-refractivity contribution in [3.63, 3.8) is 0 Å². The molecule has 19 heavy (non-hydrogen) atoms. The Labute approximate surface area is 114 Å². The van der Waals surface area contributed by atoms with Crippen molar-refractivity contribution in [2.75, 3.05) is 7.05 Å². The fourth-order valence-electron chi connectivity index (χ4n) is 1.98. The Morgan fingerprint density at radius 2 is 1.89 bits per heavy atom. The summed E-state index contributed by atoms with van der Waals surface area (Å²) in [7, 11) is 2.06. The Bertz CT molecular complexity index is 493. The van der Waals surface area contributed by atoms with E-state index < -0.39 is 0 Å². The maximum atomic E-state index is 5.24. The molecule has 2 aromatic rings. The van der Waals surface area contributed by atoms with E-state index >= 15 is 0 Å². The van der Waals surface area contributed by atoms with E-state index in [0.29, 0.717) is 12.5 Å². The molecule has 0 atom stereocenters. The second-order valence-electron chi connectivity index (χ2n) is 5.36. The van der Waals surface area contributed by atoms with Crippen molar-refractivity contribution in [3.8, 4) is 0 Å². The molecule has 0 radical (unpaired) electrons. The minimum Gasteiger partial charge on any atom is -0.339 e. The minimum atomic E-state index is 0.537. The van der Waals surface area contributed by atoms with Crippen molar-refractivity contribution in [2.24, 2.45) is 5.92 Å². The van der Waals surface area contributed by atoms with E-state index in [1.807, 2.05) is 6.07 Å². The number of aromatic nitrogens is 2. The fourth-order valence-corrected chi connectivity index (χ4v) is 1.98. The lowest BCUT2D eigenvalue weighted by molar-refractivity contribution is 0.298. The fraction of sp³-hybridized carbons (Fsp3) is 0.467. The molecule has 0 spiro atoms. The first-order chi connectivity index (χ1) is 9.13. The maximum absolute atomic E-state index is 5.24. The number of rotatable bonds is 6. The first-order valence-corrected chi connectivity index (χ1v) is 6.67. The van der Waals surface area contributed by atoms with Crippen LogP contribution in [0, 0.1) is 5.92 Å². The van der Waals surface area contributed by atoms with Crippen LogP contribution in [0.25, 0.3) is 0 Å². The second-order valence-corrected chi connectivity index (χ2v) is 5.36. The normalized spacial score (nSPS) is 11.4. The molecular formula is C15H21N3O. The first-order valence-electron chi connectivity index (χ1n) is 6.67. The average molecular weight is 259 g/mol. The molecule has 1 aromatic carbocycles. The zero-order valence-electron chi connectivity index (χ0n) is 11.8. The average Bonchev–Trinajstić information content (AvgIpc) is 2.76. The van der Waals surface area contributed by atoms with Gasteiger partial charge in [0.1, 0.15) is 0 Å². The van der Waals surface area contributed by atoms with Gasteiger partial charge >= 0.3 is 0 Å². The van der Waals surface area contributed by atoms with E-state index in [-0.39, 0.29) is 0 Å². The van der Waals surface area contributed by atoms with Crippen LogP contribution in [0.4, 0.5) is 0 Å². The molecule has 1 heterocycles. The molecule has 0 aliphatic heterocycles. The van der Waals surface area contributed by atoms with Gasteiger partial charge in [0, 0.05) is 13.0 Å². The highest BCUT2D eigenvalue weighted by Crippen LogP contribution is 2.08. The number of nitrogens with zero attached hydrogens (tertiary/aromatic N) is 3. The van der Waals surface area contributed by atoms with Crippen molar-refractivity contribution >= 4 is 0 Å². The van der Waals surface area contributed by atoms with Gasteiger partial charge in [-0.3, -0.25) is 4.90 Å². The van der Waals surface area contributed by atoms with E-state index in [2.05, 4.69) is 60.2 Å². The monoisotopic (exact) mass is 259 g/mol. The summed E-state index contributed by atoms with van der Waals surface area (Å²) in [5.74, 6) is 2.03. The van der Waals surface area contributed by atoms with E-state index in [1.54, 1.807) is 0 Å². The van der Waals surface area contributed by atoms with Crippen molar-refractivity contribution in [3.05, 3.63) is 47.6 Å². The van der Waals surface area contributed by atoms with Gasteiger partial charge in [-0.2, -0.15) is 4.98 Å². The molecule has 102 valence electrons. The predicted molar refractivity (Wildman–Crippen MR) is 74.5 cm³/mol. The highest BCUT2D eigenvalue weighted by atomic mass is 16.5. The summed E-state index contributed by atoms with van der Waals surface area (Å²) >= 11 is 0. The standard InChI is InChI=1S/C15H21N3O/c1-12(2)9-15-16-14(17-19-15)11-18(3)10-13-7-5-4-6-8-13/h4-8,12H,9-11H2,1-3H3. The molecule has 0 aliphatic carbocycles. The SMILES string of the molecule is CC(C)Cc1nc(CN(C)Cc2ccccc2)no1. The van der Waals surface area contributed by atoms with Crippen LogP contribution < -0.4 is 0 Å². The molecule has 0 amide bonds. The molecule has 2 rings (SSSR count). The number of benzene rings is 1. The summed E-state index contributed by atoms with van der Waals surface area (Å²) in [6, 6.07) is 10.4. The lowest BCUT2D eigenvalue weighted by Crippen LogP contribution is -2.18. The Morgan fingerprint density at radius 3 is 2.58 bits per heavy atom. The maximum Gasteiger partial charge on any atom is 0.226 e. The Balaban J connectivity index is 1.88. The van der Waals surface area contributed by atoms with Crippen molar-refractivity contribution < 1.29 is 4.52 Å². The van der Waals surface area contributed by atoms with Crippen LogP contribution in [0.3, 0.4) is 0 Å². The first kappa shape index (κ1) is 13.7. The molecule has 0 unspecified atom stereocenters. The summed E-state index contributed by atoms with van der Waals surface area (Å²) in [6.45, 7) is 5.88. The highest BCUT2D eigenvalue weighted by molar-refractivity contribution is 5.14. The van der Waals surface area contributed by atoms with E-state index in [9.17, 15) is 0 Å². The topological polar surface area (TPSA) is 42.2 Å².